The zero-order valence-electron chi connectivity index (χ0n) is 13.8. The van der Waals surface area contributed by atoms with E-state index in [0.717, 1.165) is 20.5 Å². The molecule has 0 aromatic carbocycles. The molecule has 0 aliphatic carbocycles. The number of halogens is 3. The predicted molar refractivity (Wildman–Crippen MR) is 89.6 cm³/mol. The van der Waals surface area contributed by atoms with E-state index in [4.69, 9.17) is 0 Å². The summed E-state index contributed by atoms with van der Waals surface area (Å²) in [6, 6.07) is 0. The predicted octanol–water partition coefficient (Wildman–Crippen LogP) is 2.94. The number of hydrogen-bond acceptors (Lipinski definition) is 4. The van der Waals surface area contributed by atoms with Crippen molar-refractivity contribution in [1.29, 1.82) is 0 Å². The van der Waals surface area contributed by atoms with Crippen LogP contribution >= 0.6 is 11.3 Å². The van der Waals surface area contributed by atoms with Gasteiger partial charge >= 0.3 is 11.9 Å². The molecule has 2 aromatic heterocycles. The quantitative estimate of drug-likeness (QED) is 0.786. The lowest BCUT2D eigenvalue weighted by Gasteiger charge is -2.12. The second kappa shape index (κ2) is 6.54. The first kappa shape index (κ1) is 18.4. The van der Waals surface area contributed by atoms with Crippen LogP contribution in [0.15, 0.2) is 14.6 Å². The van der Waals surface area contributed by atoms with Crippen LogP contribution in [-0.2, 0) is 13.1 Å². The van der Waals surface area contributed by atoms with Gasteiger partial charge in [0.25, 0.3) is 5.56 Å². The third-order valence-corrected chi connectivity index (χ3v) is 5.32. The summed E-state index contributed by atoms with van der Waals surface area (Å²) in [5, 5.41) is 0.293. The summed E-state index contributed by atoms with van der Waals surface area (Å²) >= 11 is 1.13. The molecular formula is C15H18F3N3O2S. The standard InChI is InChI=1S/C15H18F3N3O2S/c1-5-20-12(22)10-8(2)11(9(3)19-4)24-13(10)21(14(20)23)7-6-15(16,17)18/h5-7H2,1-4H3/b19-9+. The van der Waals surface area contributed by atoms with Crippen LogP contribution in [0, 0.1) is 6.92 Å². The monoisotopic (exact) mass is 361 g/mol. The van der Waals surface area contributed by atoms with Crippen LogP contribution in [0.1, 0.15) is 30.7 Å². The van der Waals surface area contributed by atoms with Crippen LogP contribution < -0.4 is 11.2 Å². The Balaban J connectivity index is 2.85. The minimum absolute atomic E-state index is 0.102. The minimum Gasteiger partial charge on any atom is -0.292 e. The summed E-state index contributed by atoms with van der Waals surface area (Å²) in [4.78, 5) is 30.1. The molecule has 0 fully saturated rings. The molecule has 0 aliphatic heterocycles. The van der Waals surface area contributed by atoms with Crippen molar-refractivity contribution < 1.29 is 13.2 Å². The number of alkyl halides is 3. The van der Waals surface area contributed by atoms with E-state index in [0.29, 0.717) is 21.5 Å². The Hall–Kier alpha value is -1.90. The topological polar surface area (TPSA) is 56.4 Å². The second-order valence-corrected chi connectivity index (χ2v) is 6.39. The molecule has 5 nitrogen and oxygen atoms in total. The van der Waals surface area contributed by atoms with Gasteiger partial charge in [0.15, 0.2) is 0 Å². The Morgan fingerprint density at radius 1 is 1.25 bits per heavy atom. The number of aryl methyl sites for hydroxylation is 2. The van der Waals surface area contributed by atoms with Crippen LogP contribution in [0.25, 0.3) is 10.2 Å². The lowest BCUT2D eigenvalue weighted by atomic mass is 10.1. The zero-order valence-corrected chi connectivity index (χ0v) is 14.6. The lowest BCUT2D eigenvalue weighted by Crippen LogP contribution is -2.39. The van der Waals surface area contributed by atoms with Gasteiger partial charge in [-0.15, -0.1) is 11.3 Å². The lowest BCUT2D eigenvalue weighted by molar-refractivity contribution is -0.136. The van der Waals surface area contributed by atoms with E-state index in [-0.39, 0.29) is 11.4 Å². The van der Waals surface area contributed by atoms with E-state index >= 15 is 0 Å². The average molecular weight is 361 g/mol. The number of nitrogens with zero attached hydrogens (tertiary/aromatic N) is 3. The number of aromatic nitrogens is 2. The molecule has 0 saturated heterocycles. The van der Waals surface area contributed by atoms with Gasteiger partial charge in [-0.2, -0.15) is 13.2 Å². The number of fused-ring (bicyclic) bond motifs is 1. The molecule has 2 rings (SSSR count). The summed E-state index contributed by atoms with van der Waals surface area (Å²) in [6.07, 6.45) is -5.51. The first-order valence-corrected chi connectivity index (χ1v) is 8.21. The van der Waals surface area contributed by atoms with Crippen molar-refractivity contribution in [2.75, 3.05) is 7.05 Å². The Bertz CT molecular complexity index is 919. The van der Waals surface area contributed by atoms with Gasteiger partial charge in [0, 0.05) is 25.8 Å². The van der Waals surface area contributed by atoms with E-state index in [1.165, 1.54) is 0 Å². The number of rotatable bonds is 4. The van der Waals surface area contributed by atoms with Gasteiger partial charge in [0.2, 0.25) is 0 Å². The average Bonchev–Trinajstić information content (AvgIpc) is 2.83. The highest BCUT2D eigenvalue weighted by atomic mass is 32.1. The maximum absolute atomic E-state index is 12.6. The molecule has 0 saturated carbocycles. The fraction of sp³-hybridized carbons (Fsp3) is 0.533. The first-order chi connectivity index (χ1) is 11.1. The summed E-state index contributed by atoms with van der Waals surface area (Å²) in [5.74, 6) is 0. The number of thiophene rings is 1. The molecular weight excluding hydrogens is 343 g/mol. The van der Waals surface area contributed by atoms with Gasteiger partial charge in [0.05, 0.1) is 16.7 Å². The van der Waals surface area contributed by atoms with E-state index < -0.39 is 30.4 Å². The van der Waals surface area contributed by atoms with Crippen molar-refractivity contribution in [1.82, 2.24) is 9.13 Å². The molecule has 0 bridgehead atoms. The van der Waals surface area contributed by atoms with Crippen LogP contribution in [0.3, 0.4) is 0 Å². The zero-order chi connectivity index (χ0) is 18.2. The van der Waals surface area contributed by atoms with Crippen molar-refractivity contribution in [3.63, 3.8) is 0 Å². The maximum atomic E-state index is 12.6. The summed E-state index contributed by atoms with van der Waals surface area (Å²) < 4.78 is 39.8. The van der Waals surface area contributed by atoms with Gasteiger partial charge in [-0.3, -0.25) is 18.9 Å². The van der Waals surface area contributed by atoms with Gasteiger partial charge in [-0.25, -0.2) is 4.79 Å². The van der Waals surface area contributed by atoms with E-state index in [2.05, 4.69) is 4.99 Å². The van der Waals surface area contributed by atoms with Crippen molar-refractivity contribution in [3.05, 3.63) is 31.3 Å². The van der Waals surface area contributed by atoms with Crippen molar-refractivity contribution >= 4 is 27.3 Å². The van der Waals surface area contributed by atoms with Crippen LogP contribution in [0.2, 0.25) is 0 Å². The molecule has 0 radical (unpaired) electrons. The highest BCUT2D eigenvalue weighted by Crippen LogP contribution is 2.29. The van der Waals surface area contributed by atoms with E-state index in [9.17, 15) is 22.8 Å². The summed E-state index contributed by atoms with van der Waals surface area (Å²) in [6.45, 7) is 4.69. The Kier molecular flexibility index (Phi) is 5.03. The van der Waals surface area contributed by atoms with Crippen molar-refractivity contribution in [2.45, 2.75) is 46.5 Å². The number of aliphatic imine (C=N–C) groups is 1. The van der Waals surface area contributed by atoms with Gasteiger partial charge < -0.3 is 0 Å². The number of hydrogen-bond donors (Lipinski definition) is 0. The molecule has 0 atom stereocenters. The molecule has 9 heteroatoms. The molecule has 2 heterocycles. The Labute approximate surface area is 140 Å². The van der Waals surface area contributed by atoms with Crippen molar-refractivity contribution in [3.8, 4) is 0 Å². The molecule has 2 aromatic rings. The fourth-order valence-electron chi connectivity index (χ4n) is 2.56. The van der Waals surface area contributed by atoms with E-state index in [1.54, 1.807) is 27.8 Å². The molecule has 132 valence electrons. The largest absolute Gasteiger partial charge is 0.390 e. The van der Waals surface area contributed by atoms with Crippen LogP contribution in [0.5, 0.6) is 0 Å². The third-order valence-electron chi connectivity index (χ3n) is 3.89. The first-order valence-electron chi connectivity index (χ1n) is 7.39. The minimum atomic E-state index is -4.38. The highest BCUT2D eigenvalue weighted by molar-refractivity contribution is 7.20. The van der Waals surface area contributed by atoms with Crippen LogP contribution in [0.4, 0.5) is 13.2 Å². The van der Waals surface area contributed by atoms with Gasteiger partial charge in [-0.1, -0.05) is 0 Å². The van der Waals surface area contributed by atoms with Gasteiger partial charge in [-0.05, 0) is 26.3 Å². The van der Waals surface area contributed by atoms with Gasteiger partial charge in [0.1, 0.15) is 4.83 Å². The van der Waals surface area contributed by atoms with Crippen molar-refractivity contribution in [2.24, 2.45) is 4.99 Å². The molecule has 24 heavy (non-hydrogen) atoms. The highest BCUT2D eigenvalue weighted by Gasteiger charge is 2.28. The Morgan fingerprint density at radius 3 is 2.38 bits per heavy atom. The smallest absolute Gasteiger partial charge is 0.292 e. The summed E-state index contributed by atoms with van der Waals surface area (Å²) in [7, 11) is 1.60. The molecule has 0 aliphatic rings. The molecule has 0 N–H and O–H groups in total. The Morgan fingerprint density at radius 2 is 1.88 bits per heavy atom. The third kappa shape index (κ3) is 3.17. The normalized spacial score (nSPS) is 13.0. The SMILES string of the molecule is CCn1c(=O)c2c(C)c(/C(C)=N/C)sc2n(CCC(F)(F)F)c1=O. The molecule has 0 spiro atoms. The van der Waals surface area contributed by atoms with Crippen LogP contribution in [-0.4, -0.2) is 28.1 Å². The molecule has 0 amide bonds. The summed E-state index contributed by atoms with van der Waals surface area (Å²) in [5.41, 5.74) is 0.139. The second-order valence-electron chi connectivity index (χ2n) is 5.39. The maximum Gasteiger partial charge on any atom is 0.390 e. The van der Waals surface area contributed by atoms with E-state index in [1.807, 2.05) is 0 Å². The fourth-order valence-corrected chi connectivity index (χ4v) is 3.87. The molecule has 0 unspecified atom stereocenters.